The molecule has 10 heteroatoms. The van der Waals surface area contributed by atoms with Gasteiger partial charge in [0.05, 0.1) is 24.2 Å². The second-order valence-corrected chi connectivity index (χ2v) is 9.47. The van der Waals surface area contributed by atoms with Crippen LogP contribution in [-0.2, 0) is 9.53 Å². The van der Waals surface area contributed by atoms with Crippen LogP contribution in [0.5, 0.6) is 11.5 Å². The Labute approximate surface area is 202 Å². The van der Waals surface area contributed by atoms with Crippen molar-refractivity contribution in [3.05, 3.63) is 48.0 Å². The van der Waals surface area contributed by atoms with E-state index < -0.39 is 5.25 Å². The van der Waals surface area contributed by atoms with E-state index in [0.717, 1.165) is 30.3 Å². The van der Waals surface area contributed by atoms with Crippen LogP contribution in [0.25, 0.3) is 5.69 Å². The van der Waals surface area contributed by atoms with Gasteiger partial charge in [0.2, 0.25) is 11.9 Å². The van der Waals surface area contributed by atoms with Gasteiger partial charge in [0.1, 0.15) is 13.2 Å². The molecule has 2 aliphatic heterocycles. The Kier molecular flexibility index (Phi) is 6.59. The molecule has 34 heavy (non-hydrogen) atoms. The van der Waals surface area contributed by atoms with Crippen LogP contribution in [0.4, 0.5) is 11.6 Å². The number of morpholine rings is 1. The number of thioether (sulfide) groups is 1. The fourth-order valence-corrected chi connectivity index (χ4v) is 4.74. The van der Waals surface area contributed by atoms with Crippen LogP contribution in [0, 0.1) is 6.92 Å². The van der Waals surface area contributed by atoms with Crippen LogP contribution in [0.3, 0.4) is 0 Å². The van der Waals surface area contributed by atoms with Crippen molar-refractivity contribution in [1.82, 2.24) is 14.8 Å². The number of fused-ring (bicyclic) bond motifs is 1. The normalized spacial score (nSPS) is 16.2. The number of nitrogens with one attached hydrogen (secondary N) is 1. The van der Waals surface area contributed by atoms with Crippen molar-refractivity contribution in [2.24, 2.45) is 0 Å². The van der Waals surface area contributed by atoms with Gasteiger partial charge in [-0.05, 0) is 43.7 Å². The van der Waals surface area contributed by atoms with Crippen molar-refractivity contribution in [3.8, 4) is 17.2 Å². The topological polar surface area (TPSA) is 90.7 Å². The van der Waals surface area contributed by atoms with E-state index in [1.807, 2.05) is 35.8 Å². The molecule has 1 amide bonds. The predicted molar refractivity (Wildman–Crippen MR) is 131 cm³/mol. The van der Waals surface area contributed by atoms with E-state index in [9.17, 15) is 4.79 Å². The molecule has 5 rings (SSSR count). The van der Waals surface area contributed by atoms with Crippen LogP contribution in [0.1, 0.15) is 12.5 Å². The number of carbonyl (C=O) groups excluding carboxylic acids is 1. The zero-order valence-corrected chi connectivity index (χ0v) is 20.0. The molecule has 2 aromatic carbocycles. The number of carbonyl (C=O) groups is 1. The molecule has 9 nitrogen and oxygen atoms in total. The minimum atomic E-state index is -0.404. The summed E-state index contributed by atoms with van der Waals surface area (Å²) in [4.78, 5) is 15.2. The van der Waals surface area contributed by atoms with Gasteiger partial charge < -0.3 is 24.4 Å². The lowest BCUT2D eigenvalue weighted by molar-refractivity contribution is -0.115. The summed E-state index contributed by atoms with van der Waals surface area (Å²) in [5, 5.41) is 12.2. The number of ether oxygens (including phenoxy) is 3. The van der Waals surface area contributed by atoms with Crippen LogP contribution < -0.4 is 19.7 Å². The Morgan fingerprint density at radius 2 is 1.82 bits per heavy atom. The van der Waals surface area contributed by atoms with Gasteiger partial charge in [-0.3, -0.25) is 9.36 Å². The smallest absolute Gasteiger partial charge is 0.237 e. The van der Waals surface area contributed by atoms with E-state index >= 15 is 0 Å². The molecule has 0 unspecified atom stereocenters. The van der Waals surface area contributed by atoms with Gasteiger partial charge in [-0.15, -0.1) is 10.2 Å². The maximum atomic E-state index is 13.0. The van der Waals surface area contributed by atoms with Gasteiger partial charge in [0, 0.05) is 24.8 Å². The minimum Gasteiger partial charge on any atom is -0.486 e. The molecule has 0 aliphatic carbocycles. The molecular weight excluding hydrogens is 454 g/mol. The Morgan fingerprint density at radius 3 is 2.62 bits per heavy atom. The van der Waals surface area contributed by atoms with E-state index in [4.69, 9.17) is 14.2 Å². The second-order valence-electron chi connectivity index (χ2n) is 8.16. The number of benzene rings is 2. The lowest BCUT2D eigenvalue weighted by atomic mass is 10.2. The van der Waals surface area contributed by atoms with Crippen LogP contribution in [0.2, 0.25) is 0 Å². The molecule has 0 radical (unpaired) electrons. The van der Waals surface area contributed by atoms with Gasteiger partial charge in [-0.1, -0.05) is 23.9 Å². The molecule has 1 saturated heterocycles. The highest BCUT2D eigenvalue weighted by Crippen LogP contribution is 2.34. The predicted octanol–water partition coefficient (Wildman–Crippen LogP) is 3.30. The average Bonchev–Trinajstić information content (AvgIpc) is 3.28. The Balaban J connectivity index is 1.36. The van der Waals surface area contributed by atoms with Crippen LogP contribution in [-0.4, -0.2) is 65.4 Å². The first kappa shape index (κ1) is 22.5. The molecule has 178 valence electrons. The summed E-state index contributed by atoms with van der Waals surface area (Å²) in [7, 11) is 0. The number of hydrogen-bond acceptors (Lipinski definition) is 8. The van der Waals surface area contributed by atoms with E-state index in [1.165, 1.54) is 11.8 Å². The highest BCUT2D eigenvalue weighted by atomic mass is 32.2. The number of rotatable bonds is 6. The third-order valence-corrected chi connectivity index (χ3v) is 6.67. The fraction of sp³-hybridized carbons (Fsp3) is 0.375. The number of aryl methyl sites for hydroxylation is 1. The lowest BCUT2D eigenvalue weighted by Gasteiger charge is -2.28. The molecule has 0 saturated carbocycles. The SMILES string of the molecule is Cc1cccc(-n2c(S[C@H](C)C(=O)Nc3ccc4c(c3)OCCO4)nnc2N2CCOCC2)c1. The van der Waals surface area contributed by atoms with E-state index in [-0.39, 0.29) is 5.91 Å². The van der Waals surface area contributed by atoms with Crippen molar-refractivity contribution < 1.29 is 19.0 Å². The monoisotopic (exact) mass is 481 g/mol. The summed E-state index contributed by atoms with van der Waals surface area (Å²) in [6.07, 6.45) is 0. The van der Waals surface area contributed by atoms with Gasteiger partial charge >= 0.3 is 0 Å². The lowest BCUT2D eigenvalue weighted by Crippen LogP contribution is -2.38. The summed E-state index contributed by atoms with van der Waals surface area (Å²) >= 11 is 1.38. The zero-order valence-electron chi connectivity index (χ0n) is 19.2. The Hall–Kier alpha value is -3.24. The van der Waals surface area contributed by atoms with E-state index in [0.29, 0.717) is 48.8 Å². The third-order valence-electron chi connectivity index (χ3n) is 5.63. The maximum absolute atomic E-state index is 13.0. The number of anilines is 2. The summed E-state index contributed by atoms with van der Waals surface area (Å²) in [5.74, 6) is 1.96. The summed E-state index contributed by atoms with van der Waals surface area (Å²) in [6, 6.07) is 13.6. The van der Waals surface area contributed by atoms with Crippen molar-refractivity contribution in [2.75, 3.05) is 49.7 Å². The highest BCUT2D eigenvalue weighted by molar-refractivity contribution is 8.00. The van der Waals surface area contributed by atoms with Crippen LogP contribution >= 0.6 is 11.8 Å². The number of hydrogen-bond donors (Lipinski definition) is 1. The second kappa shape index (κ2) is 9.94. The Bertz CT molecular complexity index is 1180. The molecule has 1 aromatic heterocycles. The number of nitrogens with zero attached hydrogens (tertiary/aromatic N) is 4. The van der Waals surface area contributed by atoms with Gasteiger partial charge in [-0.25, -0.2) is 0 Å². The molecule has 1 fully saturated rings. The molecule has 3 aromatic rings. The van der Waals surface area contributed by atoms with Gasteiger partial charge in [0.25, 0.3) is 0 Å². The van der Waals surface area contributed by atoms with E-state index in [2.05, 4.69) is 39.5 Å². The van der Waals surface area contributed by atoms with Crippen molar-refractivity contribution >= 4 is 29.3 Å². The van der Waals surface area contributed by atoms with Crippen molar-refractivity contribution in [3.63, 3.8) is 0 Å². The molecule has 0 bridgehead atoms. The Morgan fingerprint density at radius 1 is 1.03 bits per heavy atom. The number of aromatic nitrogens is 3. The van der Waals surface area contributed by atoms with Crippen molar-refractivity contribution in [1.29, 1.82) is 0 Å². The molecule has 1 N–H and O–H groups in total. The van der Waals surface area contributed by atoms with Gasteiger partial charge in [0.15, 0.2) is 16.7 Å². The summed E-state index contributed by atoms with van der Waals surface area (Å²) < 4.78 is 18.7. The standard InChI is InChI=1S/C24H27N5O4S/c1-16-4-3-5-19(14-16)29-23(28-8-10-31-11-9-28)26-27-24(29)34-17(2)22(30)25-18-6-7-20-21(15-18)33-13-12-32-20/h3-7,14-15,17H,8-13H2,1-2H3,(H,25,30)/t17-/m1/s1. The zero-order chi connectivity index (χ0) is 23.5. The first-order chi connectivity index (χ1) is 16.6. The molecule has 2 aliphatic rings. The van der Waals surface area contributed by atoms with Crippen LogP contribution in [0.15, 0.2) is 47.6 Å². The largest absolute Gasteiger partial charge is 0.486 e. The molecule has 0 spiro atoms. The van der Waals surface area contributed by atoms with E-state index in [1.54, 1.807) is 6.07 Å². The summed E-state index contributed by atoms with van der Waals surface area (Å²) in [6.45, 7) is 7.73. The highest BCUT2D eigenvalue weighted by Gasteiger charge is 2.25. The average molecular weight is 482 g/mol. The quantitative estimate of drug-likeness (QED) is 0.537. The fourth-order valence-electron chi connectivity index (χ4n) is 3.88. The first-order valence-corrected chi connectivity index (χ1v) is 12.2. The molecule has 3 heterocycles. The third kappa shape index (κ3) is 4.83. The first-order valence-electron chi connectivity index (χ1n) is 11.3. The minimum absolute atomic E-state index is 0.131. The number of amides is 1. The maximum Gasteiger partial charge on any atom is 0.237 e. The summed E-state index contributed by atoms with van der Waals surface area (Å²) in [5.41, 5.74) is 2.77. The van der Waals surface area contributed by atoms with Gasteiger partial charge in [-0.2, -0.15) is 0 Å². The molecular formula is C24H27N5O4S. The van der Waals surface area contributed by atoms with Crippen molar-refractivity contribution in [2.45, 2.75) is 24.3 Å². The molecule has 1 atom stereocenters.